The number of rotatable bonds is 0. The fraction of sp³-hybridized carbons (Fsp3) is 0.111. The Kier molecular flexibility index (Phi) is 9.45. The summed E-state index contributed by atoms with van der Waals surface area (Å²) in [7, 11) is -5.84. The first-order chi connectivity index (χ1) is 7.18. The van der Waals surface area contributed by atoms with Crippen molar-refractivity contribution in [3.63, 3.8) is 0 Å². The van der Waals surface area contributed by atoms with Crippen molar-refractivity contribution in [2.45, 2.75) is 5.51 Å². The first kappa shape index (κ1) is 19.5. The number of benzene rings is 1. The van der Waals surface area contributed by atoms with Gasteiger partial charge >= 0.3 is 67.0 Å². The molecule has 1 rings (SSSR count). The normalized spacial score (nSPS) is 10.3. The number of halogens is 3. The number of hydrogen-bond acceptors (Lipinski definition) is 2. The molecular formula is C9H6F3KO3S. The molecule has 17 heavy (non-hydrogen) atoms. The molecule has 8 heteroatoms. The van der Waals surface area contributed by atoms with Gasteiger partial charge in [-0.1, -0.05) is 18.2 Å². The van der Waals surface area contributed by atoms with E-state index in [0.717, 1.165) is 5.56 Å². The standard InChI is InChI=1S/C8H5.CHF3O3S.K/c1-2-8-6-4-3-5-7-8;2-1(3,4)8(5,6)7;/h3-7H;(H,5,6,7);/q-1;;+1. The molecule has 1 aromatic rings. The Morgan fingerprint density at radius 3 is 1.71 bits per heavy atom. The van der Waals surface area contributed by atoms with Crippen LogP contribution in [0.15, 0.2) is 30.3 Å². The Morgan fingerprint density at radius 2 is 1.53 bits per heavy atom. The van der Waals surface area contributed by atoms with Crippen LogP contribution in [-0.2, 0) is 10.1 Å². The van der Waals surface area contributed by atoms with Gasteiger partial charge in [-0.25, -0.2) is 0 Å². The Bertz CT molecular complexity index is 462. The van der Waals surface area contributed by atoms with Gasteiger partial charge in [0.2, 0.25) is 0 Å². The van der Waals surface area contributed by atoms with Crippen LogP contribution in [0.2, 0.25) is 0 Å². The second-order valence-electron chi connectivity index (χ2n) is 2.41. The molecule has 0 spiro atoms. The van der Waals surface area contributed by atoms with E-state index in [1.165, 1.54) is 0 Å². The maximum absolute atomic E-state index is 10.7. The maximum atomic E-state index is 10.7. The van der Waals surface area contributed by atoms with Crippen molar-refractivity contribution in [1.82, 2.24) is 0 Å². The minimum Gasteiger partial charge on any atom is -0.366 e. The fourth-order valence-electron chi connectivity index (χ4n) is 0.521. The summed E-state index contributed by atoms with van der Waals surface area (Å²) in [4.78, 5) is 0. The quantitative estimate of drug-likeness (QED) is 0.220. The van der Waals surface area contributed by atoms with Gasteiger partial charge in [0.1, 0.15) is 0 Å². The third-order valence-electron chi connectivity index (χ3n) is 1.21. The molecule has 88 valence electrons. The van der Waals surface area contributed by atoms with Crippen LogP contribution in [0.5, 0.6) is 0 Å². The third kappa shape index (κ3) is 8.79. The summed E-state index contributed by atoms with van der Waals surface area (Å²) in [5.41, 5.74) is -4.71. The van der Waals surface area contributed by atoms with Crippen LogP contribution in [0.25, 0.3) is 0 Å². The summed E-state index contributed by atoms with van der Waals surface area (Å²) in [6, 6.07) is 9.37. The molecule has 0 aromatic heterocycles. The van der Waals surface area contributed by atoms with Crippen molar-refractivity contribution in [1.29, 1.82) is 0 Å². The van der Waals surface area contributed by atoms with E-state index < -0.39 is 15.6 Å². The van der Waals surface area contributed by atoms with Crippen molar-refractivity contribution in [3.8, 4) is 5.92 Å². The Labute approximate surface area is 140 Å². The second-order valence-corrected chi connectivity index (χ2v) is 3.82. The Morgan fingerprint density at radius 1 is 1.18 bits per heavy atom. The second kappa shape index (κ2) is 8.26. The van der Waals surface area contributed by atoms with Gasteiger partial charge in [0.25, 0.3) is 0 Å². The summed E-state index contributed by atoms with van der Waals surface area (Å²) in [6.45, 7) is 0. The monoisotopic (exact) mass is 290 g/mol. The van der Waals surface area contributed by atoms with Crippen molar-refractivity contribution in [2.75, 3.05) is 0 Å². The van der Waals surface area contributed by atoms with Crippen LogP contribution in [0.4, 0.5) is 13.2 Å². The molecule has 0 amide bonds. The summed E-state index contributed by atoms with van der Waals surface area (Å²) in [6.07, 6.45) is 6.69. The van der Waals surface area contributed by atoms with Crippen molar-refractivity contribution < 1.29 is 77.5 Å². The van der Waals surface area contributed by atoms with Crippen molar-refractivity contribution >= 4 is 10.1 Å². The van der Waals surface area contributed by atoms with Gasteiger partial charge in [0.15, 0.2) is 0 Å². The average molecular weight is 290 g/mol. The molecule has 0 saturated carbocycles. The minimum atomic E-state index is -5.84. The summed E-state index contributed by atoms with van der Waals surface area (Å²) < 4.78 is 57.5. The maximum Gasteiger partial charge on any atom is 1.00 e. The first-order valence-electron chi connectivity index (χ1n) is 3.70. The molecule has 1 N–H and O–H groups in total. The van der Waals surface area contributed by atoms with Crippen molar-refractivity contribution in [2.24, 2.45) is 0 Å². The molecule has 1 aromatic carbocycles. The van der Waals surface area contributed by atoms with Gasteiger partial charge in [0.05, 0.1) is 0 Å². The van der Waals surface area contributed by atoms with E-state index in [2.05, 4.69) is 5.92 Å². The molecule has 0 aliphatic heterocycles. The average Bonchev–Trinajstić information content (AvgIpc) is 2.17. The molecule has 0 aliphatic rings. The van der Waals surface area contributed by atoms with Crippen LogP contribution in [0.1, 0.15) is 5.56 Å². The molecule has 0 fully saturated rings. The fourth-order valence-corrected chi connectivity index (χ4v) is 0.521. The largest absolute Gasteiger partial charge is 1.00 e. The molecule has 0 atom stereocenters. The summed E-state index contributed by atoms with van der Waals surface area (Å²) in [5, 5.41) is 0. The van der Waals surface area contributed by atoms with Gasteiger partial charge in [-0.15, -0.1) is 17.7 Å². The van der Waals surface area contributed by atoms with E-state index >= 15 is 0 Å². The predicted octanol–water partition coefficient (Wildman–Crippen LogP) is -0.978. The Hall–Kier alpha value is 0.116. The topological polar surface area (TPSA) is 54.4 Å². The van der Waals surface area contributed by atoms with Crippen LogP contribution in [0, 0.1) is 12.3 Å². The Balaban J connectivity index is 0. The first-order valence-corrected chi connectivity index (χ1v) is 5.14. The predicted molar refractivity (Wildman–Crippen MR) is 50.3 cm³/mol. The van der Waals surface area contributed by atoms with Crippen LogP contribution >= 0.6 is 0 Å². The summed E-state index contributed by atoms with van der Waals surface area (Å²) >= 11 is 0. The molecule has 0 aliphatic carbocycles. The zero-order valence-corrected chi connectivity index (χ0v) is 12.6. The van der Waals surface area contributed by atoms with E-state index in [4.69, 9.17) is 19.4 Å². The van der Waals surface area contributed by atoms with E-state index in [-0.39, 0.29) is 51.4 Å². The zero-order valence-electron chi connectivity index (χ0n) is 8.69. The number of hydrogen-bond donors (Lipinski definition) is 1. The van der Waals surface area contributed by atoms with Gasteiger partial charge in [-0.2, -0.15) is 21.6 Å². The zero-order chi connectivity index (χ0) is 12.8. The van der Waals surface area contributed by atoms with Crippen LogP contribution < -0.4 is 51.4 Å². The molecule has 0 bridgehead atoms. The molecule has 0 radical (unpaired) electrons. The van der Waals surface area contributed by atoms with Crippen molar-refractivity contribution in [3.05, 3.63) is 42.3 Å². The SMILES string of the molecule is O=S(=O)(O)C(F)(F)F.[C-]#Cc1ccccc1.[K+]. The smallest absolute Gasteiger partial charge is 0.366 e. The molecule has 0 heterocycles. The van der Waals surface area contributed by atoms with E-state index in [1.807, 2.05) is 30.3 Å². The van der Waals surface area contributed by atoms with Gasteiger partial charge in [-0.05, 0) is 0 Å². The van der Waals surface area contributed by atoms with Gasteiger partial charge in [0, 0.05) is 0 Å². The number of alkyl halides is 3. The molecule has 3 nitrogen and oxygen atoms in total. The molecular weight excluding hydrogens is 284 g/mol. The van der Waals surface area contributed by atoms with E-state index in [1.54, 1.807) is 0 Å². The van der Waals surface area contributed by atoms with Gasteiger partial charge in [-0.3, -0.25) is 10.5 Å². The van der Waals surface area contributed by atoms with E-state index in [0.29, 0.717) is 0 Å². The van der Waals surface area contributed by atoms with Crippen LogP contribution in [-0.4, -0.2) is 18.5 Å². The molecule has 0 saturated heterocycles. The van der Waals surface area contributed by atoms with Gasteiger partial charge < -0.3 is 6.42 Å². The van der Waals surface area contributed by atoms with E-state index in [9.17, 15) is 13.2 Å². The summed E-state index contributed by atoms with van der Waals surface area (Å²) in [5.74, 6) is 2.28. The van der Waals surface area contributed by atoms with Crippen LogP contribution in [0.3, 0.4) is 0 Å². The third-order valence-corrected chi connectivity index (χ3v) is 1.80. The minimum absolute atomic E-state index is 0. The molecule has 0 unspecified atom stereocenters.